The topological polar surface area (TPSA) is 33.7 Å². The Balaban J connectivity index is 1.64. The molecule has 1 atom stereocenters. The predicted octanol–water partition coefficient (Wildman–Crippen LogP) is 2.00. The Kier molecular flexibility index (Phi) is 6.93. The van der Waals surface area contributed by atoms with Crippen LogP contribution in [0.25, 0.3) is 0 Å². The van der Waals surface area contributed by atoms with E-state index in [4.69, 9.17) is 9.47 Å². The highest BCUT2D eigenvalue weighted by Crippen LogP contribution is 2.29. The summed E-state index contributed by atoms with van der Waals surface area (Å²) in [5, 5.41) is 3.63. The van der Waals surface area contributed by atoms with Gasteiger partial charge in [0, 0.05) is 38.3 Å². The van der Waals surface area contributed by atoms with Crippen LogP contribution in [0.4, 0.5) is 0 Å². The SMILES string of the molecule is CC(C)CNCC1(CN(C)CCOCC2CC2)CCOC1. The van der Waals surface area contributed by atoms with Crippen molar-refractivity contribution in [2.75, 3.05) is 59.7 Å². The minimum absolute atomic E-state index is 0.292. The maximum absolute atomic E-state index is 5.75. The van der Waals surface area contributed by atoms with Crippen molar-refractivity contribution in [3.63, 3.8) is 0 Å². The van der Waals surface area contributed by atoms with Gasteiger partial charge in [0.1, 0.15) is 0 Å². The first kappa shape index (κ1) is 17.2. The summed E-state index contributed by atoms with van der Waals surface area (Å²) in [5.74, 6) is 1.57. The van der Waals surface area contributed by atoms with Crippen molar-refractivity contribution in [2.24, 2.45) is 17.3 Å². The van der Waals surface area contributed by atoms with Gasteiger partial charge >= 0.3 is 0 Å². The number of rotatable bonds is 11. The van der Waals surface area contributed by atoms with E-state index < -0.39 is 0 Å². The van der Waals surface area contributed by atoms with Crippen molar-refractivity contribution in [2.45, 2.75) is 33.1 Å². The Morgan fingerprint density at radius 2 is 2.19 bits per heavy atom. The number of hydrogen-bond donors (Lipinski definition) is 1. The highest BCUT2D eigenvalue weighted by Gasteiger charge is 2.35. The van der Waals surface area contributed by atoms with Crippen LogP contribution in [0.1, 0.15) is 33.1 Å². The summed E-state index contributed by atoms with van der Waals surface area (Å²) in [5.41, 5.74) is 0.292. The van der Waals surface area contributed by atoms with Gasteiger partial charge in [-0.1, -0.05) is 13.8 Å². The lowest BCUT2D eigenvalue weighted by Crippen LogP contribution is -2.45. The van der Waals surface area contributed by atoms with Gasteiger partial charge in [0.2, 0.25) is 0 Å². The molecule has 0 aromatic rings. The first-order valence-corrected chi connectivity index (χ1v) is 8.64. The number of likely N-dealkylation sites (N-methyl/N-ethyl adjacent to an activating group) is 1. The molecule has 4 heteroatoms. The largest absolute Gasteiger partial charge is 0.381 e. The quantitative estimate of drug-likeness (QED) is 0.592. The van der Waals surface area contributed by atoms with Gasteiger partial charge in [0.05, 0.1) is 13.2 Å². The molecule has 2 rings (SSSR count). The second kappa shape index (κ2) is 8.47. The molecule has 1 unspecified atom stereocenters. The van der Waals surface area contributed by atoms with Gasteiger partial charge in [0.15, 0.2) is 0 Å². The van der Waals surface area contributed by atoms with Crippen LogP contribution >= 0.6 is 0 Å². The molecule has 0 bridgehead atoms. The normalized spacial score (nSPS) is 26.1. The second-order valence-corrected chi connectivity index (χ2v) is 7.58. The number of nitrogens with zero attached hydrogens (tertiary/aromatic N) is 1. The van der Waals surface area contributed by atoms with Crippen LogP contribution in [-0.2, 0) is 9.47 Å². The molecule has 1 aliphatic carbocycles. The standard InChI is InChI=1S/C17H34N2O2/c1-15(2)10-18-12-17(6-8-21-14-17)13-19(3)7-9-20-11-16-4-5-16/h15-16,18H,4-14H2,1-3H3. The van der Waals surface area contributed by atoms with Crippen molar-refractivity contribution in [1.82, 2.24) is 10.2 Å². The molecule has 21 heavy (non-hydrogen) atoms. The monoisotopic (exact) mass is 298 g/mol. The number of hydrogen-bond acceptors (Lipinski definition) is 4. The Morgan fingerprint density at radius 1 is 1.38 bits per heavy atom. The molecular weight excluding hydrogens is 264 g/mol. The van der Waals surface area contributed by atoms with Crippen LogP contribution in [0.15, 0.2) is 0 Å². The Morgan fingerprint density at radius 3 is 2.81 bits per heavy atom. The predicted molar refractivity (Wildman–Crippen MR) is 86.6 cm³/mol. The first-order valence-electron chi connectivity index (χ1n) is 8.64. The van der Waals surface area contributed by atoms with Gasteiger partial charge in [-0.3, -0.25) is 0 Å². The molecule has 0 amide bonds. The van der Waals surface area contributed by atoms with E-state index in [0.717, 1.165) is 58.5 Å². The van der Waals surface area contributed by atoms with Gasteiger partial charge in [-0.05, 0) is 44.7 Å². The molecule has 0 spiro atoms. The highest BCUT2D eigenvalue weighted by atomic mass is 16.5. The van der Waals surface area contributed by atoms with Gasteiger partial charge in [-0.15, -0.1) is 0 Å². The van der Waals surface area contributed by atoms with Crippen LogP contribution in [0.5, 0.6) is 0 Å². The molecule has 0 aromatic carbocycles. The fourth-order valence-electron chi connectivity index (χ4n) is 3.00. The summed E-state index contributed by atoms with van der Waals surface area (Å²) < 4.78 is 11.4. The Labute approximate surface area is 130 Å². The van der Waals surface area contributed by atoms with E-state index in [1.54, 1.807) is 0 Å². The van der Waals surface area contributed by atoms with E-state index in [1.165, 1.54) is 19.3 Å². The van der Waals surface area contributed by atoms with Gasteiger partial charge < -0.3 is 19.7 Å². The van der Waals surface area contributed by atoms with E-state index in [0.29, 0.717) is 11.3 Å². The number of nitrogens with one attached hydrogen (secondary N) is 1. The van der Waals surface area contributed by atoms with Crippen molar-refractivity contribution in [1.29, 1.82) is 0 Å². The van der Waals surface area contributed by atoms with E-state index in [2.05, 4.69) is 31.1 Å². The molecule has 1 saturated carbocycles. The average Bonchev–Trinajstić information content (AvgIpc) is 3.14. The molecule has 1 aliphatic heterocycles. The Hall–Kier alpha value is -0.160. The van der Waals surface area contributed by atoms with E-state index >= 15 is 0 Å². The maximum Gasteiger partial charge on any atom is 0.0593 e. The molecule has 0 radical (unpaired) electrons. The summed E-state index contributed by atoms with van der Waals surface area (Å²) >= 11 is 0. The highest BCUT2D eigenvalue weighted by molar-refractivity contribution is 4.88. The third-order valence-electron chi connectivity index (χ3n) is 4.51. The first-order chi connectivity index (χ1) is 10.1. The Bertz CT molecular complexity index is 287. The molecule has 2 aliphatic rings. The van der Waals surface area contributed by atoms with Gasteiger partial charge in [-0.25, -0.2) is 0 Å². The van der Waals surface area contributed by atoms with Crippen LogP contribution < -0.4 is 5.32 Å². The van der Waals surface area contributed by atoms with Crippen molar-refractivity contribution in [3.05, 3.63) is 0 Å². The smallest absolute Gasteiger partial charge is 0.0593 e. The van der Waals surface area contributed by atoms with Gasteiger partial charge in [-0.2, -0.15) is 0 Å². The average molecular weight is 298 g/mol. The van der Waals surface area contributed by atoms with Crippen LogP contribution in [0, 0.1) is 17.3 Å². The minimum atomic E-state index is 0.292. The lowest BCUT2D eigenvalue weighted by molar-refractivity contribution is 0.0782. The lowest BCUT2D eigenvalue weighted by atomic mass is 9.86. The minimum Gasteiger partial charge on any atom is -0.381 e. The molecule has 124 valence electrons. The van der Waals surface area contributed by atoms with Gasteiger partial charge in [0.25, 0.3) is 0 Å². The van der Waals surface area contributed by atoms with Crippen LogP contribution in [0.3, 0.4) is 0 Å². The third-order valence-corrected chi connectivity index (χ3v) is 4.51. The van der Waals surface area contributed by atoms with Crippen molar-refractivity contribution < 1.29 is 9.47 Å². The van der Waals surface area contributed by atoms with Crippen LogP contribution in [0.2, 0.25) is 0 Å². The third kappa shape index (κ3) is 6.64. The zero-order valence-corrected chi connectivity index (χ0v) is 14.2. The molecule has 1 heterocycles. The lowest BCUT2D eigenvalue weighted by Gasteiger charge is -2.33. The van der Waals surface area contributed by atoms with Crippen molar-refractivity contribution >= 4 is 0 Å². The van der Waals surface area contributed by atoms with E-state index in [1.807, 2.05) is 0 Å². The maximum atomic E-state index is 5.75. The summed E-state index contributed by atoms with van der Waals surface area (Å²) in [7, 11) is 2.21. The fourth-order valence-corrected chi connectivity index (χ4v) is 3.00. The zero-order chi connectivity index (χ0) is 15.1. The fraction of sp³-hybridized carbons (Fsp3) is 1.00. The molecule has 2 fully saturated rings. The number of ether oxygens (including phenoxy) is 2. The summed E-state index contributed by atoms with van der Waals surface area (Å²) in [6, 6.07) is 0. The summed E-state index contributed by atoms with van der Waals surface area (Å²) in [6.45, 7) is 12.4. The summed E-state index contributed by atoms with van der Waals surface area (Å²) in [6.07, 6.45) is 3.92. The van der Waals surface area contributed by atoms with Crippen molar-refractivity contribution in [3.8, 4) is 0 Å². The van der Waals surface area contributed by atoms with Crippen LogP contribution in [-0.4, -0.2) is 64.6 Å². The van der Waals surface area contributed by atoms with E-state index in [9.17, 15) is 0 Å². The summed E-state index contributed by atoms with van der Waals surface area (Å²) in [4.78, 5) is 2.42. The second-order valence-electron chi connectivity index (χ2n) is 7.58. The molecule has 4 nitrogen and oxygen atoms in total. The molecule has 1 saturated heterocycles. The molecule has 0 aromatic heterocycles. The van der Waals surface area contributed by atoms with E-state index in [-0.39, 0.29) is 0 Å². The molecule has 1 N–H and O–H groups in total. The molecular formula is C17H34N2O2. The zero-order valence-electron chi connectivity index (χ0n) is 14.2.